The Bertz CT molecular complexity index is 415. The summed E-state index contributed by atoms with van der Waals surface area (Å²) in [6.07, 6.45) is -5.26. The fourth-order valence-corrected chi connectivity index (χ4v) is 1.14. The number of phenolic OH excluding ortho intramolecular Hbond substituents is 1. The van der Waals surface area contributed by atoms with Crippen molar-refractivity contribution in [3.05, 3.63) is 23.8 Å². The van der Waals surface area contributed by atoms with Crippen molar-refractivity contribution < 1.29 is 32.5 Å². The molecule has 0 aliphatic carbocycles. The van der Waals surface area contributed by atoms with Crippen molar-refractivity contribution in [3.8, 4) is 11.5 Å². The van der Waals surface area contributed by atoms with Gasteiger partial charge in [0.05, 0.1) is 13.5 Å². The SMILES string of the molecule is COC(=O)Cc1ccc(O)cc1OC(F)(F)F. The van der Waals surface area contributed by atoms with Gasteiger partial charge in [0.2, 0.25) is 0 Å². The van der Waals surface area contributed by atoms with Crippen molar-refractivity contribution in [3.63, 3.8) is 0 Å². The number of hydrogen-bond acceptors (Lipinski definition) is 4. The molecule has 0 aliphatic heterocycles. The molecule has 1 N–H and O–H groups in total. The van der Waals surface area contributed by atoms with Gasteiger partial charge in [-0.2, -0.15) is 0 Å². The zero-order valence-corrected chi connectivity index (χ0v) is 8.75. The van der Waals surface area contributed by atoms with Gasteiger partial charge in [0.1, 0.15) is 11.5 Å². The Balaban J connectivity index is 2.99. The van der Waals surface area contributed by atoms with Crippen LogP contribution in [0.5, 0.6) is 11.5 Å². The Kier molecular flexibility index (Phi) is 3.82. The largest absolute Gasteiger partial charge is 0.573 e. The summed E-state index contributed by atoms with van der Waals surface area (Å²) in [6, 6.07) is 3.10. The molecule has 1 rings (SSSR count). The first kappa shape index (κ1) is 13.1. The maximum absolute atomic E-state index is 12.1. The van der Waals surface area contributed by atoms with Crippen LogP contribution in [0.1, 0.15) is 5.56 Å². The van der Waals surface area contributed by atoms with Crippen molar-refractivity contribution in [2.45, 2.75) is 12.8 Å². The first-order chi connectivity index (χ1) is 7.81. The normalized spacial score (nSPS) is 11.1. The molecule has 17 heavy (non-hydrogen) atoms. The fourth-order valence-electron chi connectivity index (χ4n) is 1.14. The second kappa shape index (κ2) is 4.94. The number of esters is 1. The van der Waals surface area contributed by atoms with E-state index in [1.807, 2.05) is 0 Å². The van der Waals surface area contributed by atoms with Gasteiger partial charge >= 0.3 is 12.3 Å². The average molecular weight is 250 g/mol. The van der Waals surface area contributed by atoms with Gasteiger partial charge in [-0.25, -0.2) is 0 Å². The number of aromatic hydroxyl groups is 1. The smallest absolute Gasteiger partial charge is 0.508 e. The quantitative estimate of drug-likeness (QED) is 0.833. The summed E-state index contributed by atoms with van der Waals surface area (Å²) in [4.78, 5) is 11.0. The highest BCUT2D eigenvalue weighted by molar-refractivity contribution is 5.73. The number of phenols is 1. The van der Waals surface area contributed by atoms with Crippen molar-refractivity contribution >= 4 is 5.97 Å². The van der Waals surface area contributed by atoms with E-state index in [2.05, 4.69) is 9.47 Å². The highest BCUT2D eigenvalue weighted by Crippen LogP contribution is 2.30. The van der Waals surface area contributed by atoms with Gasteiger partial charge in [-0.3, -0.25) is 4.79 Å². The lowest BCUT2D eigenvalue weighted by atomic mass is 10.1. The molecule has 0 radical (unpaired) electrons. The molecule has 94 valence electrons. The molecular formula is C10H9F3O4. The molecule has 0 heterocycles. The molecule has 0 unspecified atom stereocenters. The minimum Gasteiger partial charge on any atom is -0.508 e. The van der Waals surface area contributed by atoms with E-state index in [0.717, 1.165) is 25.3 Å². The molecule has 0 atom stereocenters. The maximum atomic E-state index is 12.1. The standard InChI is InChI=1S/C10H9F3O4/c1-16-9(15)4-6-2-3-7(14)5-8(6)17-10(11,12)13/h2-3,5,14H,4H2,1H3. The number of halogens is 3. The van der Waals surface area contributed by atoms with E-state index >= 15 is 0 Å². The first-order valence-electron chi connectivity index (χ1n) is 4.46. The van der Waals surface area contributed by atoms with Crippen LogP contribution in [0.3, 0.4) is 0 Å². The lowest BCUT2D eigenvalue weighted by Crippen LogP contribution is -2.18. The number of carbonyl (C=O) groups excluding carboxylic acids is 1. The minimum absolute atomic E-state index is 0.0213. The van der Waals surface area contributed by atoms with Crippen molar-refractivity contribution in [1.29, 1.82) is 0 Å². The van der Waals surface area contributed by atoms with Gasteiger partial charge < -0.3 is 14.6 Å². The van der Waals surface area contributed by atoms with Crippen LogP contribution < -0.4 is 4.74 Å². The van der Waals surface area contributed by atoms with Gasteiger partial charge in [-0.1, -0.05) is 6.07 Å². The molecule has 1 aromatic carbocycles. The van der Waals surface area contributed by atoms with Crippen LogP contribution in [-0.4, -0.2) is 24.5 Å². The lowest BCUT2D eigenvalue weighted by molar-refractivity contribution is -0.275. The Morgan fingerprint density at radius 1 is 1.41 bits per heavy atom. The first-order valence-corrected chi connectivity index (χ1v) is 4.46. The number of alkyl halides is 3. The van der Waals surface area contributed by atoms with E-state index in [1.54, 1.807) is 0 Å². The Morgan fingerprint density at radius 3 is 2.59 bits per heavy atom. The second-order valence-corrected chi connectivity index (χ2v) is 3.09. The van der Waals surface area contributed by atoms with Gasteiger partial charge in [-0.15, -0.1) is 13.2 Å². The summed E-state index contributed by atoms with van der Waals surface area (Å²) in [5.74, 6) is -1.72. The number of benzene rings is 1. The Hall–Kier alpha value is -1.92. The van der Waals surface area contributed by atoms with Gasteiger partial charge in [0, 0.05) is 11.6 Å². The molecule has 0 bridgehead atoms. The number of hydrogen-bond donors (Lipinski definition) is 1. The fraction of sp³-hybridized carbons (Fsp3) is 0.300. The molecule has 1 aromatic rings. The molecule has 7 heteroatoms. The van der Waals surface area contributed by atoms with Crippen LogP contribution in [0.2, 0.25) is 0 Å². The Labute approximate surface area is 94.6 Å². The molecule has 0 spiro atoms. The van der Waals surface area contributed by atoms with Crippen LogP contribution in [0.4, 0.5) is 13.2 Å². The Morgan fingerprint density at radius 2 is 2.06 bits per heavy atom. The summed E-state index contributed by atoms with van der Waals surface area (Å²) in [7, 11) is 1.12. The summed E-state index contributed by atoms with van der Waals surface area (Å²) in [6.45, 7) is 0. The van der Waals surface area contributed by atoms with Crippen LogP contribution in [0.15, 0.2) is 18.2 Å². The van der Waals surface area contributed by atoms with E-state index in [9.17, 15) is 18.0 Å². The van der Waals surface area contributed by atoms with Crippen LogP contribution in [0, 0.1) is 0 Å². The number of ether oxygens (including phenoxy) is 2. The number of carbonyl (C=O) groups is 1. The molecule has 0 saturated heterocycles. The summed E-state index contributed by atoms with van der Waals surface area (Å²) in [5, 5.41) is 9.06. The van der Waals surface area contributed by atoms with E-state index in [-0.39, 0.29) is 12.0 Å². The van der Waals surface area contributed by atoms with Gasteiger partial charge in [-0.05, 0) is 6.07 Å². The molecule has 0 aromatic heterocycles. The maximum Gasteiger partial charge on any atom is 0.573 e. The molecule has 0 amide bonds. The summed E-state index contributed by atoms with van der Waals surface area (Å²) >= 11 is 0. The van der Waals surface area contributed by atoms with Gasteiger partial charge in [0.25, 0.3) is 0 Å². The summed E-state index contributed by atoms with van der Waals surface area (Å²) < 4.78 is 44.2. The van der Waals surface area contributed by atoms with Crippen molar-refractivity contribution in [1.82, 2.24) is 0 Å². The number of rotatable bonds is 3. The van der Waals surface area contributed by atoms with Crippen molar-refractivity contribution in [2.24, 2.45) is 0 Å². The third-order valence-corrected chi connectivity index (χ3v) is 1.84. The molecular weight excluding hydrogens is 241 g/mol. The molecule has 4 nitrogen and oxygen atoms in total. The monoisotopic (exact) mass is 250 g/mol. The predicted molar refractivity (Wildman–Crippen MR) is 50.5 cm³/mol. The van der Waals surface area contributed by atoms with Crippen LogP contribution in [-0.2, 0) is 16.0 Å². The second-order valence-electron chi connectivity index (χ2n) is 3.09. The molecule has 0 saturated carbocycles. The number of methoxy groups -OCH3 is 1. The lowest BCUT2D eigenvalue weighted by Gasteiger charge is -2.12. The molecule has 0 fully saturated rings. The zero-order chi connectivity index (χ0) is 13.1. The van der Waals surface area contributed by atoms with E-state index in [0.29, 0.717) is 0 Å². The molecule has 0 aliphatic rings. The average Bonchev–Trinajstić information content (AvgIpc) is 2.19. The van der Waals surface area contributed by atoms with E-state index < -0.39 is 23.8 Å². The summed E-state index contributed by atoms with van der Waals surface area (Å²) in [5.41, 5.74) is -0.0213. The predicted octanol–water partition coefficient (Wildman–Crippen LogP) is 2.01. The zero-order valence-electron chi connectivity index (χ0n) is 8.75. The highest BCUT2D eigenvalue weighted by Gasteiger charge is 2.32. The highest BCUT2D eigenvalue weighted by atomic mass is 19.4. The van der Waals surface area contributed by atoms with E-state index in [4.69, 9.17) is 5.11 Å². The minimum atomic E-state index is -4.89. The third kappa shape index (κ3) is 4.21. The van der Waals surface area contributed by atoms with Crippen LogP contribution in [0.25, 0.3) is 0 Å². The van der Waals surface area contributed by atoms with Crippen molar-refractivity contribution in [2.75, 3.05) is 7.11 Å². The third-order valence-electron chi connectivity index (χ3n) is 1.84. The van der Waals surface area contributed by atoms with Crippen LogP contribution >= 0.6 is 0 Å². The van der Waals surface area contributed by atoms with E-state index in [1.165, 1.54) is 0 Å². The van der Waals surface area contributed by atoms with Gasteiger partial charge in [0.15, 0.2) is 0 Å². The topological polar surface area (TPSA) is 55.8 Å².